The minimum absolute atomic E-state index is 0.0381. The highest BCUT2D eigenvalue weighted by atomic mass is 16.3. The number of ketones is 1. The number of likely N-dealkylation sites (N-methyl/N-ethyl adjacent to an activating group) is 5. The van der Waals surface area contributed by atoms with Crippen molar-refractivity contribution in [3.8, 4) is 0 Å². The molecule has 0 saturated heterocycles. The van der Waals surface area contributed by atoms with Gasteiger partial charge in [0, 0.05) is 28.2 Å². The van der Waals surface area contributed by atoms with Crippen LogP contribution in [-0.4, -0.2) is 162 Å². The molecule has 0 rings (SSSR count). The van der Waals surface area contributed by atoms with Crippen molar-refractivity contribution in [3.05, 3.63) is 12.2 Å². The molecular formula is C45H83N7O8. The molecule has 0 bridgehead atoms. The summed E-state index contributed by atoms with van der Waals surface area (Å²) in [6.07, 6.45) is 4.23. The Kier molecular flexibility index (Phi) is 24.2. The fourth-order valence-electron chi connectivity index (χ4n) is 7.52. The third-order valence-corrected chi connectivity index (χ3v) is 11.2. The summed E-state index contributed by atoms with van der Waals surface area (Å²) in [5, 5.41) is 16.7. The number of allylic oxidation sites excluding steroid dienone is 2. The number of rotatable bonds is 25. The van der Waals surface area contributed by atoms with Gasteiger partial charge < -0.3 is 35.3 Å². The summed E-state index contributed by atoms with van der Waals surface area (Å²) in [6.45, 7) is 23.4. The number of carbonyl (C=O) groups excluding carboxylic acids is 7. The topological polar surface area (TPSA) is 180 Å². The Balaban J connectivity index is 6.54. The van der Waals surface area contributed by atoms with Crippen LogP contribution in [0.15, 0.2) is 12.2 Å². The first kappa shape index (κ1) is 56.1. The van der Waals surface area contributed by atoms with Crippen LogP contribution >= 0.6 is 0 Å². The van der Waals surface area contributed by atoms with Gasteiger partial charge in [0.25, 0.3) is 0 Å². The summed E-state index contributed by atoms with van der Waals surface area (Å²) < 4.78 is 0. The van der Waals surface area contributed by atoms with Crippen LogP contribution in [0.4, 0.5) is 0 Å². The molecule has 0 aromatic rings. The second-order valence-corrected chi connectivity index (χ2v) is 18.7. The van der Waals surface area contributed by atoms with Gasteiger partial charge in [-0.05, 0) is 97.1 Å². The molecule has 346 valence electrons. The predicted octanol–water partition coefficient (Wildman–Crippen LogP) is 3.58. The molecule has 3 N–H and O–H groups in total. The molecule has 0 aliphatic heterocycles. The monoisotopic (exact) mass is 850 g/mol. The van der Waals surface area contributed by atoms with Gasteiger partial charge in [-0.3, -0.25) is 38.5 Å². The van der Waals surface area contributed by atoms with Crippen molar-refractivity contribution >= 4 is 41.2 Å². The summed E-state index contributed by atoms with van der Waals surface area (Å²) in [5.74, 6) is -3.81. The number of aliphatic hydroxyl groups is 1. The summed E-state index contributed by atoms with van der Waals surface area (Å²) >= 11 is 0. The molecule has 0 heterocycles. The van der Waals surface area contributed by atoms with E-state index in [-0.39, 0.29) is 48.2 Å². The Morgan fingerprint density at radius 2 is 0.933 bits per heavy atom. The molecule has 0 aliphatic rings. The maximum atomic E-state index is 14.6. The summed E-state index contributed by atoms with van der Waals surface area (Å²) in [7, 11) is 9.60. The molecule has 0 fully saturated rings. The number of nitrogens with one attached hydrogen (secondary N) is 2. The average Bonchev–Trinajstić information content (AvgIpc) is 3.14. The van der Waals surface area contributed by atoms with E-state index in [9.17, 15) is 38.7 Å². The molecule has 0 aliphatic carbocycles. The lowest BCUT2D eigenvalue weighted by molar-refractivity contribution is -0.157. The fourth-order valence-corrected chi connectivity index (χ4v) is 7.52. The van der Waals surface area contributed by atoms with E-state index < -0.39 is 83.9 Å². The number of Topliss-reactive ketones (excluding diaryl/α,β-unsaturated/α-hetero) is 1. The minimum Gasteiger partial charge on any atom is -0.390 e. The van der Waals surface area contributed by atoms with Crippen LogP contribution in [0.2, 0.25) is 0 Å². The van der Waals surface area contributed by atoms with Gasteiger partial charge >= 0.3 is 0 Å². The van der Waals surface area contributed by atoms with Crippen molar-refractivity contribution in [2.75, 3.05) is 42.3 Å². The Morgan fingerprint density at radius 1 is 0.533 bits per heavy atom. The van der Waals surface area contributed by atoms with Gasteiger partial charge in [0.1, 0.15) is 36.3 Å². The first-order chi connectivity index (χ1) is 27.5. The second-order valence-electron chi connectivity index (χ2n) is 18.7. The highest BCUT2D eigenvalue weighted by Gasteiger charge is 2.43. The fraction of sp³-hybridized carbons (Fsp3) is 0.800. The number of hydrogen-bond acceptors (Lipinski definition) is 9. The molecule has 0 saturated carbocycles. The molecule has 0 unspecified atom stereocenters. The Hall–Kier alpha value is -3.85. The van der Waals surface area contributed by atoms with E-state index in [1.165, 1.54) is 61.6 Å². The van der Waals surface area contributed by atoms with E-state index in [0.717, 1.165) is 0 Å². The molecule has 9 atom stereocenters. The van der Waals surface area contributed by atoms with Gasteiger partial charge in [-0.2, -0.15) is 0 Å². The smallest absolute Gasteiger partial charge is 0.246 e. The molecular weight excluding hydrogens is 767 g/mol. The van der Waals surface area contributed by atoms with Crippen molar-refractivity contribution in [1.82, 2.24) is 35.1 Å². The van der Waals surface area contributed by atoms with E-state index >= 15 is 0 Å². The highest BCUT2D eigenvalue weighted by molar-refractivity contribution is 5.97. The van der Waals surface area contributed by atoms with Crippen LogP contribution in [-0.2, 0) is 33.6 Å². The maximum absolute atomic E-state index is 14.6. The van der Waals surface area contributed by atoms with Crippen molar-refractivity contribution < 1.29 is 38.7 Å². The van der Waals surface area contributed by atoms with Gasteiger partial charge in [0.2, 0.25) is 35.4 Å². The number of hydrogen-bond donors (Lipinski definition) is 3. The van der Waals surface area contributed by atoms with Crippen LogP contribution in [0.5, 0.6) is 0 Å². The minimum atomic E-state index is -1.15. The summed E-state index contributed by atoms with van der Waals surface area (Å²) in [6, 6.07) is -6.60. The van der Waals surface area contributed by atoms with E-state index in [2.05, 4.69) is 10.6 Å². The third-order valence-electron chi connectivity index (χ3n) is 11.2. The quantitative estimate of drug-likeness (QED) is 0.116. The molecule has 0 radical (unpaired) electrons. The van der Waals surface area contributed by atoms with Crippen molar-refractivity contribution in [2.45, 2.75) is 164 Å². The Morgan fingerprint density at radius 3 is 1.33 bits per heavy atom. The molecule has 0 spiro atoms. The van der Waals surface area contributed by atoms with Crippen molar-refractivity contribution in [3.63, 3.8) is 0 Å². The number of aliphatic hydroxyl groups excluding tert-OH is 1. The van der Waals surface area contributed by atoms with Crippen LogP contribution in [0.25, 0.3) is 0 Å². The lowest BCUT2D eigenvalue weighted by Gasteiger charge is -2.41. The average molecular weight is 850 g/mol. The van der Waals surface area contributed by atoms with Crippen molar-refractivity contribution in [2.24, 2.45) is 29.6 Å². The van der Waals surface area contributed by atoms with E-state index in [1.807, 2.05) is 67.5 Å². The maximum Gasteiger partial charge on any atom is 0.246 e. The van der Waals surface area contributed by atoms with Crippen molar-refractivity contribution in [1.29, 1.82) is 0 Å². The zero-order valence-corrected chi connectivity index (χ0v) is 40.5. The van der Waals surface area contributed by atoms with Gasteiger partial charge in [0.15, 0.2) is 5.78 Å². The first-order valence-corrected chi connectivity index (χ1v) is 21.7. The van der Waals surface area contributed by atoms with Gasteiger partial charge in [-0.15, -0.1) is 0 Å². The van der Waals surface area contributed by atoms with Crippen LogP contribution in [0.3, 0.4) is 0 Å². The van der Waals surface area contributed by atoms with Crippen LogP contribution in [0, 0.1) is 29.6 Å². The third kappa shape index (κ3) is 16.5. The normalized spacial score (nSPS) is 16.5. The lowest BCUT2D eigenvalue weighted by Crippen LogP contribution is -2.61. The molecule has 0 aromatic carbocycles. The van der Waals surface area contributed by atoms with Crippen LogP contribution in [0.1, 0.15) is 116 Å². The number of nitrogens with zero attached hydrogens (tertiary/aromatic N) is 5. The molecule has 6 amide bonds. The molecule has 60 heavy (non-hydrogen) atoms. The Bertz CT molecular complexity index is 1460. The number of carbonyl (C=O) groups is 7. The van der Waals surface area contributed by atoms with E-state index in [0.29, 0.717) is 12.8 Å². The molecule has 0 aromatic heterocycles. The Labute approximate surface area is 362 Å². The summed E-state index contributed by atoms with van der Waals surface area (Å²) in [5.41, 5.74) is 0. The molecule has 15 heteroatoms. The predicted molar refractivity (Wildman–Crippen MR) is 237 cm³/mol. The zero-order valence-electron chi connectivity index (χ0n) is 40.5. The standard InChI is InChI=1S/C45H83N7O8/c1-20-21-22-30(10)39(54)38(33(13)53)52(19)45(60)37(29(8)9)51(18)44(59)36(25-28(6)7)50(17)43(58)35(24-27(4)5)49(16)42(57)32(12)47-40(55)31(11)46-41(56)34(48(14)15)23-26(2)3/h20-21,26-32,34-39,54H,22-25H2,1-19H3,(H,46,56)(H,47,55)/b21-20+/t30-,31+,32-,34+,35+,36+,37+,38-,39-/m1/s1. The first-order valence-electron chi connectivity index (χ1n) is 21.7. The second kappa shape index (κ2) is 25.8. The van der Waals surface area contributed by atoms with Gasteiger partial charge in [0.05, 0.1) is 12.1 Å². The number of amides is 6. The summed E-state index contributed by atoms with van der Waals surface area (Å²) in [4.78, 5) is 104. The zero-order chi connectivity index (χ0) is 47.1. The lowest BCUT2D eigenvalue weighted by atomic mass is 9.90. The van der Waals surface area contributed by atoms with E-state index in [1.54, 1.807) is 39.8 Å². The van der Waals surface area contributed by atoms with Crippen LogP contribution < -0.4 is 10.6 Å². The van der Waals surface area contributed by atoms with Gasteiger partial charge in [-0.25, -0.2) is 0 Å². The van der Waals surface area contributed by atoms with E-state index in [4.69, 9.17) is 0 Å². The largest absolute Gasteiger partial charge is 0.390 e. The highest BCUT2D eigenvalue weighted by Crippen LogP contribution is 2.24. The molecule has 15 nitrogen and oxygen atoms in total. The SMILES string of the molecule is C/C=C/C[C@@H](C)[C@@H](O)[C@@H](C(C)=O)N(C)C(=O)[C@H](C(C)C)N(C)C(=O)[C@H](CC(C)C)N(C)C(=O)[C@H](CC(C)C)N(C)C(=O)[C@@H](C)NC(=O)[C@H](C)NC(=O)[C@H](CC(C)C)N(C)C. The van der Waals surface area contributed by atoms with Gasteiger partial charge in [-0.1, -0.05) is 74.5 Å².